The zero-order chi connectivity index (χ0) is 16.6. The van der Waals surface area contributed by atoms with Crippen LogP contribution in [0.1, 0.15) is 0 Å². The summed E-state index contributed by atoms with van der Waals surface area (Å²) in [5.41, 5.74) is 7.41. The molecule has 0 aliphatic heterocycles. The SMILES string of the molecule is [NH3+]/C=C\C=C/Cn1cc(-c2cccc(Nc3cccnc3)c2)nn1. The number of quaternary nitrogens is 1. The molecule has 0 aliphatic rings. The molecular weight excluding hydrogens is 300 g/mol. The Kier molecular flexibility index (Phi) is 5.11. The Morgan fingerprint density at radius 3 is 2.88 bits per heavy atom. The fraction of sp³-hybridized carbons (Fsp3) is 0.0556. The normalized spacial score (nSPS) is 11.4. The fourth-order valence-corrected chi connectivity index (χ4v) is 2.21. The molecular formula is C18H19N6+. The van der Waals surface area contributed by atoms with Gasteiger partial charge in [-0.3, -0.25) is 4.98 Å². The maximum atomic E-state index is 4.24. The van der Waals surface area contributed by atoms with Gasteiger partial charge in [-0.05, 0) is 30.3 Å². The molecule has 0 spiro atoms. The topological polar surface area (TPSA) is 83.3 Å². The first-order valence-electron chi connectivity index (χ1n) is 7.63. The maximum Gasteiger partial charge on any atom is 0.113 e. The van der Waals surface area contributed by atoms with E-state index in [4.69, 9.17) is 0 Å². The summed E-state index contributed by atoms with van der Waals surface area (Å²) in [6, 6.07) is 11.9. The van der Waals surface area contributed by atoms with Crippen molar-refractivity contribution >= 4 is 11.4 Å². The lowest BCUT2D eigenvalue weighted by atomic mass is 10.1. The van der Waals surface area contributed by atoms with E-state index in [9.17, 15) is 0 Å². The van der Waals surface area contributed by atoms with Gasteiger partial charge in [0, 0.05) is 17.4 Å². The van der Waals surface area contributed by atoms with Crippen molar-refractivity contribution in [2.75, 3.05) is 5.32 Å². The quantitative estimate of drug-likeness (QED) is 0.683. The highest BCUT2D eigenvalue weighted by Gasteiger charge is 2.04. The molecule has 3 aromatic rings. The van der Waals surface area contributed by atoms with Crippen molar-refractivity contribution < 1.29 is 5.73 Å². The van der Waals surface area contributed by atoms with Gasteiger partial charge in [-0.15, -0.1) is 5.10 Å². The summed E-state index contributed by atoms with van der Waals surface area (Å²) in [6.45, 7) is 0.672. The van der Waals surface area contributed by atoms with Gasteiger partial charge in [-0.1, -0.05) is 29.5 Å². The second-order valence-corrected chi connectivity index (χ2v) is 5.13. The lowest BCUT2D eigenvalue weighted by Crippen LogP contribution is -2.38. The predicted octanol–water partition coefficient (Wildman–Crippen LogP) is 2.40. The van der Waals surface area contributed by atoms with Crippen molar-refractivity contribution in [1.29, 1.82) is 0 Å². The molecule has 0 atom stereocenters. The van der Waals surface area contributed by atoms with Gasteiger partial charge in [0.05, 0.1) is 30.8 Å². The molecule has 0 saturated carbocycles. The van der Waals surface area contributed by atoms with E-state index in [0.717, 1.165) is 22.6 Å². The first kappa shape index (κ1) is 15.6. The standard InChI is InChI=1S/C18H18N6/c19-9-2-1-3-11-24-14-18(22-23-24)15-6-4-7-16(12-15)21-17-8-5-10-20-13-17/h1-10,12-14,21H,11,19H2/p+1/b3-1-,9-2-. The van der Waals surface area contributed by atoms with Gasteiger partial charge in [0.1, 0.15) is 5.69 Å². The average Bonchev–Trinajstić information content (AvgIpc) is 3.09. The van der Waals surface area contributed by atoms with Crippen LogP contribution in [0.3, 0.4) is 0 Å². The van der Waals surface area contributed by atoms with E-state index < -0.39 is 0 Å². The van der Waals surface area contributed by atoms with Crippen molar-refractivity contribution in [3.63, 3.8) is 0 Å². The first-order chi connectivity index (χ1) is 11.8. The molecule has 0 amide bonds. The number of nitrogens with zero attached hydrogens (tertiary/aromatic N) is 4. The van der Waals surface area contributed by atoms with Crippen LogP contribution in [0.25, 0.3) is 11.3 Å². The van der Waals surface area contributed by atoms with Gasteiger partial charge in [-0.25, -0.2) is 4.68 Å². The monoisotopic (exact) mass is 319 g/mol. The van der Waals surface area contributed by atoms with Crippen molar-refractivity contribution in [2.45, 2.75) is 6.54 Å². The van der Waals surface area contributed by atoms with Crippen LogP contribution in [0.2, 0.25) is 0 Å². The Morgan fingerprint density at radius 2 is 2.04 bits per heavy atom. The van der Waals surface area contributed by atoms with Gasteiger partial charge in [-0.2, -0.15) is 0 Å². The molecule has 2 aromatic heterocycles. The third-order valence-corrected chi connectivity index (χ3v) is 3.32. The molecule has 4 N–H and O–H groups in total. The van der Waals surface area contributed by atoms with Crippen molar-refractivity contribution in [2.24, 2.45) is 0 Å². The summed E-state index contributed by atoms with van der Waals surface area (Å²) in [6.07, 6.45) is 13.0. The Morgan fingerprint density at radius 1 is 1.12 bits per heavy atom. The van der Waals surface area contributed by atoms with Gasteiger partial charge in [0.15, 0.2) is 0 Å². The molecule has 6 nitrogen and oxygen atoms in total. The van der Waals surface area contributed by atoms with Crippen LogP contribution >= 0.6 is 0 Å². The fourth-order valence-electron chi connectivity index (χ4n) is 2.21. The number of anilines is 2. The second-order valence-electron chi connectivity index (χ2n) is 5.13. The largest absolute Gasteiger partial charge is 0.354 e. The van der Waals surface area contributed by atoms with Crippen molar-refractivity contribution in [1.82, 2.24) is 20.0 Å². The van der Waals surface area contributed by atoms with Crippen LogP contribution in [0.4, 0.5) is 11.4 Å². The molecule has 3 rings (SSSR count). The van der Waals surface area contributed by atoms with E-state index in [1.165, 1.54) is 0 Å². The van der Waals surface area contributed by atoms with Crippen molar-refractivity contribution in [3.05, 3.63) is 79.4 Å². The third kappa shape index (κ3) is 4.15. The summed E-state index contributed by atoms with van der Waals surface area (Å²) in [7, 11) is 0. The molecule has 2 heterocycles. The second kappa shape index (κ2) is 7.85. The van der Waals surface area contributed by atoms with Crippen LogP contribution < -0.4 is 11.1 Å². The van der Waals surface area contributed by atoms with E-state index in [2.05, 4.69) is 26.3 Å². The first-order valence-corrected chi connectivity index (χ1v) is 7.63. The van der Waals surface area contributed by atoms with Gasteiger partial charge in [0.25, 0.3) is 0 Å². The molecule has 0 saturated heterocycles. The lowest BCUT2D eigenvalue weighted by molar-refractivity contribution is -0.274. The number of hydrogen-bond acceptors (Lipinski definition) is 4. The number of pyridine rings is 1. The Labute approximate surface area is 140 Å². The summed E-state index contributed by atoms with van der Waals surface area (Å²) in [4.78, 5) is 4.10. The van der Waals surface area contributed by atoms with Crippen molar-refractivity contribution in [3.8, 4) is 11.3 Å². The van der Waals surface area contributed by atoms with E-state index in [0.29, 0.717) is 6.54 Å². The van der Waals surface area contributed by atoms with E-state index in [1.54, 1.807) is 23.3 Å². The van der Waals surface area contributed by atoms with Gasteiger partial charge in [0.2, 0.25) is 0 Å². The van der Waals surface area contributed by atoms with Crippen LogP contribution in [0, 0.1) is 0 Å². The molecule has 0 unspecified atom stereocenters. The third-order valence-electron chi connectivity index (χ3n) is 3.32. The molecule has 6 heteroatoms. The molecule has 120 valence electrons. The highest BCUT2D eigenvalue weighted by atomic mass is 15.4. The summed E-state index contributed by atoms with van der Waals surface area (Å²) >= 11 is 0. The van der Waals surface area contributed by atoms with Crippen LogP contribution in [-0.2, 0) is 6.54 Å². The van der Waals surface area contributed by atoms with E-state index >= 15 is 0 Å². The summed E-state index contributed by atoms with van der Waals surface area (Å²) in [5.74, 6) is 0. The van der Waals surface area contributed by atoms with Gasteiger partial charge >= 0.3 is 0 Å². The van der Waals surface area contributed by atoms with Crippen LogP contribution in [0.5, 0.6) is 0 Å². The van der Waals surface area contributed by atoms with Crippen LogP contribution in [0.15, 0.2) is 79.4 Å². The zero-order valence-corrected chi connectivity index (χ0v) is 13.2. The minimum absolute atomic E-state index is 0.672. The number of allylic oxidation sites excluding steroid dienone is 3. The smallest absolute Gasteiger partial charge is 0.113 e. The Hall–Kier alpha value is -3.25. The van der Waals surface area contributed by atoms with E-state index in [-0.39, 0.29) is 0 Å². The Balaban J connectivity index is 1.73. The molecule has 1 aromatic carbocycles. The minimum Gasteiger partial charge on any atom is -0.354 e. The number of benzene rings is 1. The number of rotatable bonds is 6. The highest BCUT2D eigenvalue weighted by Crippen LogP contribution is 2.22. The number of aromatic nitrogens is 4. The summed E-state index contributed by atoms with van der Waals surface area (Å²) < 4.78 is 1.80. The number of nitrogens with one attached hydrogen (secondary N) is 1. The number of hydrogen-bond donors (Lipinski definition) is 2. The predicted molar refractivity (Wildman–Crippen MR) is 94.1 cm³/mol. The van der Waals surface area contributed by atoms with E-state index in [1.807, 2.05) is 60.8 Å². The summed E-state index contributed by atoms with van der Waals surface area (Å²) in [5, 5.41) is 11.7. The van der Waals surface area contributed by atoms with Gasteiger partial charge < -0.3 is 11.1 Å². The highest BCUT2D eigenvalue weighted by molar-refractivity contribution is 5.67. The molecule has 0 aliphatic carbocycles. The molecule has 0 fully saturated rings. The average molecular weight is 319 g/mol. The minimum atomic E-state index is 0.672. The lowest BCUT2D eigenvalue weighted by Gasteiger charge is -2.06. The zero-order valence-electron chi connectivity index (χ0n) is 13.2. The Bertz CT molecular complexity index is 835. The molecule has 0 radical (unpaired) electrons. The maximum absolute atomic E-state index is 4.24. The molecule has 0 bridgehead atoms. The van der Waals surface area contributed by atoms with Crippen LogP contribution in [-0.4, -0.2) is 20.0 Å². The molecule has 24 heavy (non-hydrogen) atoms.